The Morgan fingerprint density at radius 2 is 1.92 bits per heavy atom. The first-order valence-electron chi connectivity index (χ1n) is 7.34. The van der Waals surface area contributed by atoms with Crippen LogP contribution in [0, 0.1) is 0 Å². The Morgan fingerprint density at radius 1 is 1.21 bits per heavy atom. The molecule has 0 saturated carbocycles. The number of benzene rings is 1. The Hall–Kier alpha value is -1.96. The van der Waals surface area contributed by atoms with E-state index < -0.39 is 0 Å². The van der Waals surface area contributed by atoms with Gasteiger partial charge in [-0.15, -0.1) is 11.3 Å². The predicted octanol–water partition coefficient (Wildman–Crippen LogP) is 2.44. The molecule has 0 unspecified atom stereocenters. The molecule has 0 atom stereocenters. The average Bonchev–Trinajstić information content (AvgIpc) is 3.04. The Kier molecular flexibility index (Phi) is 6.72. The summed E-state index contributed by atoms with van der Waals surface area (Å²) in [7, 11) is 3.83. The lowest BCUT2D eigenvalue weighted by Crippen LogP contribution is -2.41. The Bertz CT molecular complexity index is 674. The maximum absolute atomic E-state index is 12.7. The molecular formula is C16H19ClN4O2S. The minimum atomic E-state index is -0.272. The van der Waals surface area contributed by atoms with Crippen LogP contribution in [0.3, 0.4) is 0 Å². The highest BCUT2D eigenvalue weighted by Crippen LogP contribution is 2.13. The summed E-state index contributed by atoms with van der Waals surface area (Å²) in [5.74, 6) is -0.478. The zero-order valence-electron chi connectivity index (χ0n) is 13.5. The third kappa shape index (κ3) is 5.59. The molecule has 0 bridgehead atoms. The smallest absolute Gasteiger partial charge is 0.254 e. The molecule has 2 aromatic rings. The first-order valence-corrected chi connectivity index (χ1v) is 8.60. The van der Waals surface area contributed by atoms with Crippen molar-refractivity contribution in [2.45, 2.75) is 0 Å². The number of nitrogens with zero attached hydrogens (tertiary/aromatic N) is 3. The van der Waals surface area contributed by atoms with E-state index in [1.807, 2.05) is 19.0 Å². The molecule has 0 aliphatic carbocycles. The highest BCUT2D eigenvalue weighted by atomic mass is 35.5. The molecule has 2 amide bonds. The van der Waals surface area contributed by atoms with Gasteiger partial charge in [-0.2, -0.15) is 0 Å². The number of thiazole rings is 1. The van der Waals surface area contributed by atoms with Gasteiger partial charge in [-0.1, -0.05) is 11.6 Å². The van der Waals surface area contributed by atoms with Crippen molar-refractivity contribution in [3.8, 4) is 0 Å². The van der Waals surface area contributed by atoms with Gasteiger partial charge >= 0.3 is 0 Å². The SMILES string of the molecule is CN(C)CCN(CC(=O)Nc1nccs1)C(=O)c1ccc(Cl)cc1. The topological polar surface area (TPSA) is 65.5 Å². The highest BCUT2D eigenvalue weighted by molar-refractivity contribution is 7.13. The molecule has 0 radical (unpaired) electrons. The van der Waals surface area contributed by atoms with Crippen LogP contribution in [0.25, 0.3) is 0 Å². The van der Waals surface area contributed by atoms with Crippen molar-refractivity contribution in [3.63, 3.8) is 0 Å². The minimum Gasteiger partial charge on any atom is -0.328 e. The van der Waals surface area contributed by atoms with Crippen molar-refractivity contribution in [1.29, 1.82) is 0 Å². The van der Waals surface area contributed by atoms with Crippen LogP contribution in [0.4, 0.5) is 5.13 Å². The number of amides is 2. The van der Waals surface area contributed by atoms with Gasteiger partial charge in [0, 0.05) is 35.3 Å². The van der Waals surface area contributed by atoms with Crippen LogP contribution in [-0.4, -0.2) is 60.3 Å². The maximum Gasteiger partial charge on any atom is 0.254 e. The van der Waals surface area contributed by atoms with Gasteiger partial charge < -0.3 is 15.1 Å². The predicted molar refractivity (Wildman–Crippen MR) is 96.7 cm³/mol. The van der Waals surface area contributed by atoms with E-state index in [-0.39, 0.29) is 18.4 Å². The van der Waals surface area contributed by atoms with Crippen LogP contribution in [0.2, 0.25) is 5.02 Å². The fraction of sp³-hybridized carbons (Fsp3) is 0.312. The molecular weight excluding hydrogens is 348 g/mol. The van der Waals surface area contributed by atoms with Gasteiger partial charge in [0.2, 0.25) is 5.91 Å². The van der Waals surface area contributed by atoms with Crippen LogP contribution in [0.1, 0.15) is 10.4 Å². The summed E-state index contributed by atoms with van der Waals surface area (Å²) in [4.78, 5) is 32.4. The van der Waals surface area contributed by atoms with Gasteiger partial charge in [0.15, 0.2) is 5.13 Å². The fourth-order valence-electron chi connectivity index (χ4n) is 1.97. The van der Waals surface area contributed by atoms with E-state index in [0.717, 1.165) is 0 Å². The number of halogens is 1. The molecule has 1 N–H and O–H groups in total. The minimum absolute atomic E-state index is 0.0329. The second kappa shape index (κ2) is 8.77. The third-order valence-corrected chi connectivity index (χ3v) is 4.15. The molecule has 1 heterocycles. The average molecular weight is 367 g/mol. The summed E-state index contributed by atoms with van der Waals surface area (Å²) >= 11 is 7.19. The number of aromatic nitrogens is 1. The number of nitrogens with one attached hydrogen (secondary N) is 1. The Balaban J connectivity index is 2.06. The lowest BCUT2D eigenvalue weighted by molar-refractivity contribution is -0.116. The first-order chi connectivity index (χ1) is 11.5. The molecule has 1 aromatic carbocycles. The lowest BCUT2D eigenvalue weighted by atomic mass is 10.2. The van der Waals surface area contributed by atoms with Crippen molar-refractivity contribution in [1.82, 2.24) is 14.8 Å². The van der Waals surface area contributed by atoms with Crippen LogP contribution in [-0.2, 0) is 4.79 Å². The Labute approximate surface area is 150 Å². The number of rotatable bonds is 7. The second-order valence-electron chi connectivity index (χ2n) is 5.42. The van der Waals surface area contributed by atoms with E-state index in [9.17, 15) is 9.59 Å². The van der Waals surface area contributed by atoms with Crippen molar-refractivity contribution in [2.24, 2.45) is 0 Å². The number of hydrogen-bond donors (Lipinski definition) is 1. The van der Waals surface area contributed by atoms with Crippen LogP contribution < -0.4 is 5.32 Å². The number of carbonyl (C=O) groups excluding carboxylic acids is 2. The zero-order valence-corrected chi connectivity index (χ0v) is 15.1. The number of anilines is 1. The van der Waals surface area contributed by atoms with Crippen molar-refractivity contribution >= 4 is 39.9 Å². The number of likely N-dealkylation sites (N-methyl/N-ethyl adjacent to an activating group) is 1. The standard InChI is InChI=1S/C16H19ClN4O2S/c1-20(2)8-9-21(11-14(22)19-16-18-7-10-24-16)15(23)12-3-5-13(17)6-4-12/h3-7,10H,8-9,11H2,1-2H3,(H,18,19,22). The van der Waals surface area contributed by atoms with Crippen molar-refractivity contribution < 1.29 is 9.59 Å². The second-order valence-corrected chi connectivity index (χ2v) is 6.75. The molecule has 24 heavy (non-hydrogen) atoms. The van der Waals surface area contributed by atoms with Crippen LogP contribution in [0.5, 0.6) is 0 Å². The zero-order chi connectivity index (χ0) is 17.5. The summed E-state index contributed by atoms with van der Waals surface area (Å²) in [6, 6.07) is 6.64. The summed E-state index contributed by atoms with van der Waals surface area (Å²) < 4.78 is 0. The van der Waals surface area contributed by atoms with E-state index in [2.05, 4.69) is 10.3 Å². The van der Waals surface area contributed by atoms with Gasteiger partial charge in [0.25, 0.3) is 5.91 Å². The molecule has 128 valence electrons. The van der Waals surface area contributed by atoms with E-state index in [1.54, 1.807) is 35.8 Å². The van der Waals surface area contributed by atoms with Gasteiger partial charge in [0.05, 0.1) is 0 Å². The van der Waals surface area contributed by atoms with Gasteiger partial charge in [-0.3, -0.25) is 9.59 Å². The lowest BCUT2D eigenvalue weighted by Gasteiger charge is -2.24. The summed E-state index contributed by atoms with van der Waals surface area (Å²) in [6.07, 6.45) is 1.61. The van der Waals surface area contributed by atoms with Crippen molar-refractivity contribution in [3.05, 3.63) is 46.4 Å². The van der Waals surface area contributed by atoms with Crippen LogP contribution >= 0.6 is 22.9 Å². The summed E-state index contributed by atoms with van der Waals surface area (Å²) in [5.41, 5.74) is 0.500. The van der Waals surface area contributed by atoms with E-state index in [1.165, 1.54) is 16.2 Å². The highest BCUT2D eigenvalue weighted by Gasteiger charge is 2.19. The molecule has 0 spiro atoms. The molecule has 0 aliphatic heterocycles. The molecule has 6 nitrogen and oxygen atoms in total. The van der Waals surface area contributed by atoms with Gasteiger partial charge in [-0.05, 0) is 38.4 Å². The number of hydrogen-bond acceptors (Lipinski definition) is 5. The van der Waals surface area contributed by atoms with Crippen molar-refractivity contribution in [2.75, 3.05) is 39.0 Å². The quantitative estimate of drug-likeness (QED) is 0.817. The fourth-order valence-corrected chi connectivity index (χ4v) is 2.64. The first kappa shape index (κ1) is 18.4. The molecule has 0 saturated heterocycles. The summed E-state index contributed by atoms with van der Waals surface area (Å²) in [6.45, 7) is 1.07. The maximum atomic E-state index is 12.7. The van der Waals surface area contributed by atoms with Gasteiger partial charge in [-0.25, -0.2) is 4.98 Å². The monoisotopic (exact) mass is 366 g/mol. The van der Waals surface area contributed by atoms with E-state index in [0.29, 0.717) is 28.8 Å². The molecule has 2 rings (SSSR count). The largest absolute Gasteiger partial charge is 0.328 e. The van der Waals surface area contributed by atoms with E-state index in [4.69, 9.17) is 11.6 Å². The number of carbonyl (C=O) groups is 2. The Morgan fingerprint density at radius 3 is 2.50 bits per heavy atom. The normalized spacial score (nSPS) is 10.7. The molecule has 0 aliphatic rings. The summed E-state index contributed by atoms with van der Waals surface area (Å²) in [5, 5.41) is 5.55. The molecule has 8 heteroatoms. The van der Waals surface area contributed by atoms with Crippen LogP contribution in [0.15, 0.2) is 35.8 Å². The van der Waals surface area contributed by atoms with E-state index >= 15 is 0 Å². The molecule has 0 fully saturated rings. The van der Waals surface area contributed by atoms with Gasteiger partial charge in [0.1, 0.15) is 6.54 Å². The third-order valence-electron chi connectivity index (χ3n) is 3.21. The molecule has 1 aromatic heterocycles.